The second kappa shape index (κ2) is 4.96. The molecule has 0 aromatic carbocycles. The van der Waals surface area contributed by atoms with E-state index in [1.54, 1.807) is 0 Å². The van der Waals surface area contributed by atoms with E-state index < -0.39 is 12.0 Å². The Hall–Kier alpha value is -0.970. The Morgan fingerprint density at radius 1 is 1.56 bits per heavy atom. The van der Waals surface area contributed by atoms with Crippen LogP contribution in [0.5, 0.6) is 0 Å². The lowest BCUT2D eigenvalue weighted by atomic mass is 10.0. The van der Waals surface area contributed by atoms with Crippen LogP contribution < -0.4 is 0 Å². The van der Waals surface area contributed by atoms with Crippen LogP contribution in [0, 0.1) is 5.92 Å². The van der Waals surface area contributed by atoms with E-state index in [9.17, 15) is 9.90 Å². The molecule has 3 rings (SSSR count). The third kappa shape index (κ3) is 2.28. The summed E-state index contributed by atoms with van der Waals surface area (Å²) in [7, 11) is 0. The van der Waals surface area contributed by atoms with Gasteiger partial charge in [-0.25, -0.2) is 9.78 Å². The molecule has 0 bridgehead atoms. The van der Waals surface area contributed by atoms with E-state index in [-0.39, 0.29) is 0 Å². The quantitative estimate of drug-likeness (QED) is 0.910. The molecule has 0 amide bonds. The minimum Gasteiger partial charge on any atom is -0.480 e. The molecular weight excluding hydrogens is 248 g/mol. The van der Waals surface area contributed by atoms with Crippen molar-refractivity contribution in [3.63, 3.8) is 0 Å². The van der Waals surface area contributed by atoms with Gasteiger partial charge in [0.25, 0.3) is 0 Å². The number of hydrogen-bond donors (Lipinski definition) is 1. The molecule has 0 spiro atoms. The van der Waals surface area contributed by atoms with Gasteiger partial charge in [-0.05, 0) is 43.1 Å². The van der Waals surface area contributed by atoms with Crippen LogP contribution in [0.2, 0.25) is 0 Å². The largest absolute Gasteiger partial charge is 0.480 e. The number of carboxylic acid groups (broad SMARTS) is 1. The predicted octanol–water partition coefficient (Wildman–Crippen LogP) is 2.14. The number of aliphatic carboxylic acids is 1. The van der Waals surface area contributed by atoms with Crippen molar-refractivity contribution < 1.29 is 9.90 Å². The first-order chi connectivity index (χ1) is 8.74. The maximum atomic E-state index is 11.2. The molecule has 1 saturated heterocycles. The lowest BCUT2D eigenvalue weighted by Gasteiger charge is -2.20. The summed E-state index contributed by atoms with van der Waals surface area (Å²) in [5, 5.41) is 9.23. The lowest BCUT2D eigenvalue weighted by molar-refractivity contribution is -0.141. The second-order valence-corrected chi connectivity index (χ2v) is 6.39. The van der Waals surface area contributed by atoms with Gasteiger partial charge in [0, 0.05) is 12.6 Å². The number of aryl methyl sites for hydroxylation is 1. The summed E-state index contributed by atoms with van der Waals surface area (Å²) in [6.07, 6.45) is 6.86. The molecule has 1 fully saturated rings. The first kappa shape index (κ1) is 12.1. The van der Waals surface area contributed by atoms with Gasteiger partial charge in [-0.1, -0.05) is 0 Å². The number of fused-ring (bicyclic) bond motifs is 1. The minimum absolute atomic E-state index is 0.395. The van der Waals surface area contributed by atoms with Crippen molar-refractivity contribution in [3.05, 3.63) is 17.7 Å². The highest BCUT2D eigenvalue weighted by molar-refractivity contribution is 7.99. The summed E-state index contributed by atoms with van der Waals surface area (Å²) < 4.78 is 1.89. The Bertz CT molecular complexity index is 452. The highest BCUT2D eigenvalue weighted by atomic mass is 32.2. The number of carboxylic acids is 1. The first-order valence-corrected chi connectivity index (χ1v) is 7.76. The predicted molar refractivity (Wildman–Crippen MR) is 71.0 cm³/mol. The molecule has 3 heterocycles. The van der Waals surface area contributed by atoms with Crippen LogP contribution >= 0.6 is 11.8 Å². The molecule has 2 aliphatic rings. The maximum Gasteiger partial charge on any atom is 0.326 e. The van der Waals surface area contributed by atoms with Crippen LogP contribution in [0.25, 0.3) is 0 Å². The number of hydrogen-bond acceptors (Lipinski definition) is 3. The van der Waals surface area contributed by atoms with E-state index in [1.807, 2.05) is 22.5 Å². The zero-order valence-electron chi connectivity index (χ0n) is 10.3. The van der Waals surface area contributed by atoms with Gasteiger partial charge in [0.1, 0.15) is 11.9 Å². The van der Waals surface area contributed by atoms with E-state index in [0.29, 0.717) is 0 Å². The SMILES string of the molecule is O=C(O)C1CCCc2nc(CC3CCSC3)cn21. The third-order valence-corrected chi connectivity index (χ3v) is 5.11. The Balaban J connectivity index is 1.79. The van der Waals surface area contributed by atoms with Gasteiger partial charge in [0.05, 0.1) is 5.69 Å². The van der Waals surface area contributed by atoms with Gasteiger partial charge in [-0.15, -0.1) is 0 Å². The average Bonchev–Trinajstić information content (AvgIpc) is 2.96. The van der Waals surface area contributed by atoms with Gasteiger partial charge >= 0.3 is 5.97 Å². The van der Waals surface area contributed by atoms with Crippen LogP contribution in [0.3, 0.4) is 0 Å². The molecule has 4 nitrogen and oxygen atoms in total. The Labute approximate surface area is 111 Å². The number of aromatic nitrogens is 2. The molecule has 18 heavy (non-hydrogen) atoms. The molecule has 1 aromatic rings. The monoisotopic (exact) mass is 266 g/mol. The van der Waals surface area contributed by atoms with Crippen molar-refractivity contribution in [2.24, 2.45) is 5.92 Å². The van der Waals surface area contributed by atoms with Crippen LogP contribution in [0.15, 0.2) is 6.20 Å². The summed E-state index contributed by atoms with van der Waals surface area (Å²) >= 11 is 2.01. The average molecular weight is 266 g/mol. The van der Waals surface area contributed by atoms with E-state index >= 15 is 0 Å². The molecular formula is C13H18N2O2S. The van der Waals surface area contributed by atoms with Crippen molar-refractivity contribution in [1.82, 2.24) is 9.55 Å². The number of imidazole rings is 1. The highest BCUT2D eigenvalue weighted by Gasteiger charge is 2.27. The van der Waals surface area contributed by atoms with E-state index in [0.717, 1.165) is 43.1 Å². The molecule has 98 valence electrons. The highest BCUT2D eigenvalue weighted by Crippen LogP contribution is 2.29. The normalized spacial score (nSPS) is 27.1. The van der Waals surface area contributed by atoms with Crippen molar-refractivity contribution in [3.8, 4) is 0 Å². The van der Waals surface area contributed by atoms with Crippen LogP contribution in [0.1, 0.15) is 36.8 Å². The third-order valence-electron chi connectivity index (χ3n) is 3.88. The fourth-order valence-corrected chi connectivity index (χ4v) is 4.20. The zero-order valence-corrected chi connectivity index (χ0v) is 11.2. The van der Waals surface area contributed by atoms with Crippen molar-refractivity contribution >= 4 is 17.7 Å². The van der Waals surface area contributed by atoms with Crippen molar-refractivity contribution in [2.45, 2.75) is 38.1 Å². The molecule has 2 unspecified atom stereocenters. The molecule has 1 N–H and O–H groups in total. The van der Waals surface area contributed by atoms with E-state index in [4.69, 9.17) is 0 Å². The Morgan fingerprint density at radius 2 is 2.44 bits per heavy atom. The number of nitrogens with zero attached hydrogens (tertiary/aromatic N) is 2. The van der Waals surface area contributed by atoms with Crippen LogP contribution in [0.4, 0.5) is 0 Å². The summed E-state index contributed by atoms with van der Waals surface area (Å²) in [5.41, 5.74) is 1.09. The molecule has 0 radical (unpaired) electrons. The fourth-order valence-electron chi connectivity index (χ4n) is 2.92. The second-order valence-electron chi connectivity index (χ2n) is 5.24. The molecule has 0 saturated carbocycles. The Kier molecular flexibility index (Phi) is 3.33. The zero-order chi connectivity index (χ0) is 12.5. The Morgan fingerprint density at radius 3 is 3.17 bits per heavy atom. The van der Waals surface area contributed by atoms with Gasteiger partial charge in [-0.2, -0.15) is 11.8 Å². The van der Waals surface area contributed by atoms with Crippen molar-refractivity contribution in [1.29, 1.82) is 0 Å². The summed E-state index contributed by atoms with van der Waals surface area (Å²) in [6.45, 7) is 0. The smallest absolute Gasteiger partial charge is 0.326 e. The van der Waals surface area contributed by atoms with E-state index in [2.05, 4.69) is 4.98 Å². The standard InChI is InChI=1S/C13H18N2O2S/c16-13(17)11-2-1-3-12-14-10(7-15(11)12)6-9-4-5-18-8-9/h7,9,11H,1-6,8H2,(H,16,17). The van der Waals surface area contributed by atoms with Gasteiger partial charge in [0.2, 0.25) is 0 Å². The van der Waals surface area contributed by atoms with Gasteiger partial charge < -0.3 is 9.67 Å². The van der Waals surface area contributed by atoms with Crippen LogP contribution in [-0.2, 0) is 17.6 Å². The molecule has 5 heteroatoms. The summed E-state index contributed by atoms with van der Waals surface area (Å²) in [6, 6.07) is -0.395. The number of thioether (sulfide) groups is 1. The molecule has 2 aliphatic heterocycles. The summed E-state index contributed by atoms with van der Waals surface area (Å²) in [5.74, 6) is 3.46. The molecule has 2 atom stereocenters. The molecule has 0 aliphatic carbocycles. The van der Waals surface area contributed by atoms with Crippen LogP contribution in [-0.4, -0.2) is 32.1 Å². The lowest BCUT2D eigenvalue weighted by Crippen LogP contribution is -2.24. The number of carbonyl (C=O) groups is 1. The maximum absolute atomic E-state index is 11.2. The molecule has 1 aromatic heterocycles. The van der Waals surface area contributed by atoms with Crippen molar-refractivity contribution in [2.75, 3.05) is 11.5 Å². The minimum atomic E-state index is -0.726. The fraction of sp³-hybridized carbons (Fsp3) is 0.692. The van der Waals surface area contributed by atoms with Gasteiger partial charge in [-0.3, -0.25) is 0 Å². The summed E-state index contributed by atoms with van der Waals surface area (Å²) in [4.78, 5) is 15.9. The topological polar surface area (TPSA) is 55.1 Å². The van der Waals surface area contributed by atoms with Gasteiger partial charge in [0.15, 0.2) is 0 Å². The number of rotatable bonds is 3. The van der Waals surface area contributed by atoms with E-state index in [1.165, 1.54) is 17.9 Å². The first-order valence-electron chi connectivity index (χ1n) is 6.61.